The second kappa shape index (κ2) is 10.3. The third kappa shape index (κ3) is 5.81. The lowest BCUT2D eigenvalue weighted by molar-refractivity contribution is -0.122. The predicted octanol–water partition coefficient (Wildman–Crippen LogP) is 3.57. The van der Waals surface area contributed by atoms with E-state index in [2.05, 4.69) is 10.2 Å². The van der Waals surface area contributed by atoms with Gasteiger partial charge in [0.2, 0.25) is 15.9 Å². The Labute approximate surface area is 196 Å². The molecule has 33 heavy (non-hydrogen) atoms. The van der Waals surface area contributed by atoms with Crippen LogP contribution in [-0.4, -0.2) is 62.4 Å². The van der Waals surface area contributed by atoms with Gasteiger partial charge in [0.15, 0.2) is 0 Å². The second-order valence-corrected chi connectivity index (χ2v) is 11.0. The molecule has 2 unspecified atom stereocenters. The van der Waals surface area contributed by atoms with E-state index < -0.39 is 10.0 Å². The quantitative estimate of drug-likeness (QED) is 0.697. The maximum atomic E-state index is 13.1. The zero-order valence-electron chi connectivity index (χ0n) is 19.4. The van der Waals surface area contributed by atoms with E-state index in [-0.39, 0.29) is 29.6 Å². The molecule has 0 aliphatic carbocycles. The Balaban J connectivity index is 1.43. The third-order valence-electron chi connectivity index (χ3n) is 6.31. The van der Waals surface area contributed by atoms with Crippen molar-refractivity contribution in [1.29, 1.82) is 0 Å². The maximum Gasteiger partial charge on any atom is 0.243 e. The van der Waals surface area contributed by atoms with Crippen LogP contribution in [-0.2, 0) is 19.6 Å². The van der Waals surface area contributed by atoms with Gasteiger partial charge in [-0.2, -0.15) is 4.31 Å². The van der Waals surface area contributed by atoms with E-state index in [4.69, 9.17) is 4.74 Å². The Morgan fingerprint density at radius 2 is 1.79 bits per heavy atom. The van der Waals surface area contributed by atoms with Gasteiger partial charge in [0.05, 0.1) is 23.6 Å². The van der Waals surface area contributed by atoms with Gasteiger partial charge in [-0.15, -0.1) is 0 Å². The van der Waals surface area contributed by atoms with Gasteiger partial charge >= 0.3 is 0 Å². The summed E-state index contributed by atoms with van der Waals surface area (Å²) in [4.78, 5) is 15.2. The highest BCUT2D eigenvalue weighted by Crippen LogP contribution is 2.27. The number of rotatable bonds is 6. The van der Waals surface area contributed by atoms with Crippen molar-refractivity contribution in [3.8, 4) is 0 Å². The van der Waals surface area contributed by atoms with Crippen LogP contribution < -0.4 is 5.32 Å². The first-order valence-electron chi connectivity index (χ1n) is 11.7. The molecular formula is C25H33N3O4S. The second-order valence-electron chi connectivity index (χ2n) is 9.03. The molecule has 2 aromatic carbocycles. The van der Waals surface area contributed by atoms with E-state index >= 15 is 0 Å². The topological polar surface area (TPSA) is 79.0 Å². The van der Waals surface area contributed by atoms with Gasteiger partial charge < -0.3 is 10.1 Å². The first kappa shape index (κ1) is 23.9. The molecule has 0 spiro atoms. The fourth-order valence-corrected chi connectivity index (χ4v) is 6.11. The lowest BCUT2D eigenvalue weighted by Crippen LogP contribution is -2.46. The van der Waals surface area contributed by atoms with Gasteiger partial charge in [0.1, 0.15) is 0 Å². The number of nitrogens with one attached hydrogen (secondary N) is 1. The fourth-order valence-electron chi connectivity index (χ4n) is 4.56. The summed E-state index contributed by atoms with van der Waals surface area (Å²) in [6, 6.07) is 15.0. The number of morpholine rings is 1. The van der Waals surface area contributed by atoms with E-state index in [1.165, 1.54) is 0 Å². The molecule has 7 nitrogen and oxygen atoms in total. The molecule has 178 valence electrons. The van der Waals surface area contributed by atoms with Crippen LogP contribution in [0.3, 0.4) is 0 Å². The van der Waals surface area contributed by atoms with Crippen LogP contribution in [0, 0.1) is 6.92 Å². The van der Waals surface area contributed by atoms with E-state index in [1.54, 1.807) is 22.5 Å². The summed E-state index contributed by atoms with van der Waals surface area (Å²) >= 11 is 0. The van der Waals surface area contributed by atoms with E-state index in [9.17, 15) is 13.2 Å². The number of hydrogen-bond donors (Lipinski definition) is 1. The molecule has 2 atom stereocenters. The molecule has 2 saturated heterocycles. The third-order valence-corrected chi connectivity index (χ3v) is 8.21. The van der Waals surface area contributed by atoms with Crippen molar-refractivity contribution in [2.24, 2.45) is 0 Å². The summed E-state index contributed by atoms with van der Waals surface area (Å²) in [6.45, 7) is 6.50. The number of anilines is 1. The van der Waals surface area contributed by atoms with Crippen LogP contribution in [0.2, 0.25) is 0 Å². The number of sulfonamides is 1. The molecule has 1 amide bonds. The zero-order chi connectivity index (χ0) is 23.4. The summed E-state index contributed by atoms with van der Waals surface area (Å²) in [5, 5.41) is 2.94. The SMILES string of the molecule is Cc1ccc(S(=O)(=O)N2CCCCC2)cc1NC(=O)CN1CC(C)OC(c2ccccc2)C1. The van der Waals surface area contributed by atoms with E-state index in [1.807, 2.05) is 44.2 Å². The standard InChI is InChI=1S/C25H33N3O4S/c1-19-11-12-22(33(30,31)28-13-7-4-8-14-28)15-23(19)26-25(29)18-27-16-20(2)32-24(17-27)21-9-5-3-6-10-21/h3,5-6,9-12,15,20,24H,4,7-8,13-14,16-18H2,1-2H3,(H,26,29). The summed E-state index contributed by atoms with van der Waals surface area (Å²) in [5.74, 6) is -0.161. The Kier molecular flexibility index (Phi) is 7.48. The van der Waals surface area contributed by atoms with E-state index in [0.29, 0.717) is 31.9 Å². The number of piperidine rings is 1. The van der Waals surface area contributed by atoms with Crippen molar-refractivity contribution in [3.63, 3.8) is 0 Å². The van der Waals surface area contributed by atoms with Gasteiger partial charge in [-0.3, -0.25) is 9.69 Å². The highest BCUT2D eigenvalue weighted by Gasteiger charge is 2.29. The molecule has 2 aliphatic heterocycles. The fraction of sp³-hybridized carbons (Fsp3) is 0.480. The minimum absolute atomic E-state index is 0.0107. The number of benzene rings is 2. The van der Waals surface area contributed by atoms with Crippen molar-refractivity contribution < 1.29 is 17.9 Å². The van der Waals surface area contributed by atoms with Crippen LogP contribution in [0.25, 0.3) is 0 Å². The summed E-state index contributed by atoms with van der Waals surface area (Å²) in [6.07, 6.45) is 2.76. The van der Waals surface area contributed by atoms with Gasteiger partial charge in [-0.1, -0.05) is 42.8 Å². The molecule has 2 aromatic rings. The van der Waals surface area contributed by atoms with Gasteiger partial charge in [0.25, 0.3) is 0 Å². The largest absolute Gasteiger partial charge is 0.368 e. The number of carbonyl (C=O) groups is 1. The highest BCUT2D eigenvalue weighted by atomic mass is 32.2. The van der Waals surface area contributed by atoms with Gasteiger partial charge in [-0.25, -0.2) is 8.42 Å². The monoisotopic (exact) mass is 471 g/mol. The number of hydrogen-bond acceptors (Lipinski definition) is 5. The van der Waals surface area contributed by atoms with Crippen molar-refractivity contribution >= 4 is 21.6 Å². The molecule has 2 heterocycles. The number of amides is 1. The molecule has 8 heteroatoms. The average molecular weight is 472 g/mol. The maximum absolute atomic E-state index is 13.1. The van der Waals surface area contributed by atoms with Crippen LogP contribution >= 0.6 is 0 Å². The Morgan fingerprint density at radius 3 is 2.52 bits per heavy atom. The number of aryl methyl sites for hydroxylation is 1. The number of ether oxygens (including phenoxy) is 1. The zero-order valence-corrected chi connectivity index (χ0v) is 20.2. The summed E-state index contributed by atoms with van der Waals surface area (Å²) in [7, 11) is -3.55. The lowest BCUT2D eigenvalue weighted by atomic mass is 10.1. The van der Waals surface area contributed by atoms with Crippen molar-refractivity contribution in [3.05, 3.63) is 59.7 Å². The van der Waals surface area contributed by atoms with Gasteiger partial charge in [-0.05, 0) is 49.9 Å². The average Bonchev–Trinajstić information content (AvgIpc) is 2.81. The normalized spacial score (nSPS) is 22.7. The Bertz CT molecular complexity index is 1070. The molecule has 0 bridgehead atoms. The summed E-state index contributed by atoms with van der Waals surface area (Å²) in [5.41, 5.74) is 2.47. The Hall–Kier alpha value is -2.26. The van der Waals surface area contributed by atoms with Crippen LogP contribution in [0.4, 0.5) is 5.69 Å². The van der Waals surface area contributed by atoms with Crippen molar-refractivity contribution in [2.75, 3.05) is 38.0 Å². The smallest absolute Gasteiger partial charge is 0.243 e. The molecule has 1 N–H and O–H groups in total. The molecule has 4 rings (SSSR count). The molecule has 0 radical (unpaired) electrons. The molecular weight excluding hydrogens is 438 g/mol. The lowest BCUT2D eigenvalue weighted by Gasteiger charge is -2.36. The molecule has 2 fully saturated rings. The predicted molar refractivity (Wildman–Crippen MR) is 129 cm³/mol. The van der Waals surface area contributed by atoms with Crippen LogP contribution in [0.5, 0.6) is 0 Å². The molecule has 2 aliphatic rings. The first-order chi connectivity index (χ1) is 15.8. The summed E-state index contributed by atoms with van der Waals surface area (Å²) < 4.78 is 33.7. The van der Waals surface area contributed by atoms with E-state index in [0.717, 1.165) is 30.4 Å². The molecule has 0 aromatic heterocycles. The number of carbonyl (C=O) groups excluding carboxylic acids is 1. The Morgan fingerprint density at radius 1 is 1.06 bits per heavy atom. The minimum atomic E-state index is -3.55. The number of nitrogens with zero attached hydrogens (tertiary/aromatic N) is 2. The van der Waals surface area contributed by atoms with Crippen LogP contribution in [0.15, 0.2) is 53.4 Å². The van der Waals surface area contributed by atoms with Crippen molar-refractivity contribution in [2.45, 2.75) is 50.2 Å². The van der Waals surface area contributed by atoms with Crippen LogP contribution in [0.1, 0.15) is 43.4 Å². The minimum Gasteiger partial charge on any atom is -0.368 e. The first-order valence-corrected chi connectivity index (χ1v) is 13.1. The van der Waals surface area contributed by atoms with Crippen molar-refractivity contribution in [1.82, 2.24) is 9.21 Å². The highest BCUT2D eigenvalue weighted by molar-refractivity contribution is 7.89. The van der Waals surface area contributed by atoms with Gasteiger partial charge in [0, 0.05) is 31.9 Å². The molecule has 0 saturated carbocycles.